The van der Waals surface area contributed by atoms with E-state index in [4.69, 9.17) is 14.2 Å². The molecule has 53 heavy (non-hydrogen) atoms. The molecule has 0 unspecified atom stereocenters. The van der Waals surface area contributed by atoms with Crippen molar-refractivity contribution in [3.8, 4) is 0 Å². The first-order chi connectivity index (χ1) is 25.4. The highest BCUT2D eigenvalue weighted by Crippen LogP contribution is 2.28. The number of rotatable bonds is 38. The van der Waals surface area contributed by atoms with E-state index in [-0.39, 0.29) is 24.0 Å². The SMILES string of the molecule is CCCCCCCCCCCOC(=O)C(C)(C)CCCCCC(CCCCCC(C)(C)C(=O)OCCCCCCCCCCC)OC(=O)CCN(C)C. The molecule has 0 aliphatic carbocycles. The Hall–Kier alpha value is -1.63. The molecule has 0 saturated carbocycles. The number of esters is 3. The maximum Gasteiger partial charge on any atom is 0.311 e. The van der Waals surface area contributed by atoms with Crippen molar-refractivity contribution in [2.75, 3.05) is 33.9 Å². The summed E-state index contributed by atoms with van der Waals surface area (Å²) < 4.78 is 17.3. The van der Waals surface area contributed by atoms with Gasteiger partial charge < -0.3 is 19.1 Å². The van der Waals surface area contributed by atoms with E-state index < -0.39 is 10.8 Å². The number of nitrogens with zero attached hydrogens (tertiary/aromatic N) is 1. The summed E-state index contributed by atoms with van der Waals surface area (Å²) in [6, 6.07) is 0. The molecule has 0 N–H and O–H groups in total. The Kier molecular flexibility index (Phi) is 32.7. The average Bonchev–Trinajstić information content (AvgIpc) is 3.11. The van der Waals surface area contributed by atoms with Crippen LogP contribution in [-0.4, -0.2) is 62.8 Å². The maximum absolute atomic E-state index is 12.8. The minimum Gasteiger partial charge on any atom is -0.465 e. The van der Waals surface area contributed by atoms with Gasteiger partial charge in [0.05, 0.1) is 30.5 Å². The molecule has 0 spiro atoms. The number of unbranched alkanes of at least 4 members (excludes halogenated alkanes) is 20. The van der Waals surface area contributed by atoms with E-state index in [1.165, 1.54) is 89.9 Å². The Morgan fingerprint density at radius 1 is 0.491 bits per heavy atom. The van der Waals surface area contributed by atoms with E-state index in [9.17, 15) is 14.4 Å². The second-order valence-corrected chi connectivity index (χ2v) is 17.6. The topological polar surface area (TPSA) is 82.1 Å². The van der Waals surface area contributed by atoms with Crippen LogP contribution in [0, 0.1) is 10.8 Å². The van der Waals surface area contributed by atoms with E-state index in [1.807, 2.05) is 46.7 Å². The van der Waals surface area contributed by atoms with Crippen LogP contribution < -0.4 is 0 Å². The molecule has 314 valence electrons. The zero-order valence-corrected chi connectivity index (χ0v) is 36.6. The summed E-state index contributed by atoms with van der Waals surface area (Å²) >= 11 is 0. The number of hydrogen-bond acceptors (Lipinski definition) is 7. The zero-order valence-electron chi connectivity index (χ0n) is 36.6. The molecule has 0 aliphatic rings. The molecule has 0 aromatic rings. The molecular weight excluding hydrogens is 663 g/mol. The second-order valence-electron chi connectivity index (χ2n) is 17.6. The Morgan fingerprint density at radius 3 is 1.19 bits per heavy atom. The van der Waals surface area contributed by atoms with Crippen LogP contribution in [0.15, 0.2) is 0 Å². The van der Waals surface area contributed by atoms with Crippen LogP contribution >= 0.6 is 0 Å². The van der Waals surface area contributed by atoms with Gasteiger partial charge in [0, 0.05) is 6.54 Å². The van der Waals surface area contributed by atoms with E-state index in [1.54, 1.807) is 0 Å². The molecule has 0 atom stereocenters. The molecule has 0 aromatic heterocycles. The normalized spacial score (nSPS) is 12.1. The van der Waals surface area contributed by atoms with Crippen molar-refractivity contribution in [1.82, 2.24) is 4.90 Å². The van der Waals surface area contributed by atoms with Gasteiger partial charge in [0.2, 0.25) is 0 Å². The van der Waals surface area contributed by atoms with Crippen molar-refractivity contribution in [3.05, 3.63) is 0 Å². The summed E-state index contributed by atoms with van der Waals surface area (Å²) in [5.41, 5.74) is -0.963. The molecule has 0 rings (SSSR count). The van der Waals surface area contributed by atoms with Gasteiger partial charge in [0.1, 0.15) is 6.10 Å². The number of carbonyl (C=O) groups is 3. The van der Waals surface area contributed by atoms with Crippen LogP contribution in [-0.2, 0) is 28.6 Å². The highest BCUT2D eigenvalue weighted by atomic mass is 16.5. The standard InChI is InChI=1S/C46H89NO6/c1-9-11-13-15-17-19-21-23-31-39-51-43(49)45(3,4)36-29-25-27-33-41(53-42(48)35-38-47(7)8)34-28-26-30-37-46(5,6)44(50)52-40-32-24-22-20-18-16-14-12-10-2/h41H,9-40H2,1-8H3. The van der Waals surface area contributed by atoms with Gasteiger partial charge in [-0.1, -0.05) is 142 Å². The maximum atomic E-state index is 12.8. The molecular formula is C46H89NO6. The van der Waals surface area contributed by atoms with Gasteiger partial charge in [-0.25, -0.2) is 0 Å². The van der Waals surface area contributed by atoms with Crippen LogP contribution in [0.3, 0.4) is 0 Å². The highest BCUT2D eigenvalue weighted by Gasteiger charge is 2.29. The third-order valence-corrected chi connectivity index (χ3v) is 10.8. The smallest absolute Gasteiger partial charge is 0.311 e. The number of carbonyl (C=O) groups excluding carboxylic acids is 3. The quantitative estimate of drug-likeness (QED) is 0.0353. The minimum atomic E-state index is -0.481. The first-order valence-corrected chi connectivity index (χ1v) is 22.5. The molecule has 0 saturated heterocycles. The third kappa shape index (κ3) is 31.3. The Balaban J connectivity index is 4.40. The summed E-state index contributed by atoms with van der Waals surface area (Å²) in [5, 5.41) is 0. The lowest BCUT2D eigenvalue weighted by atomic mass is 9.86. The zero-order chi connectivity index (χ0) is 39.6. The van der Waals surface area contributed by atoms with Crippen LogP contribution in [0.4, 0.5) is 0 Å². The molecule has 0 aliphatic heterocycles. The monoisotopic (exact) mass is 752 g/mol. The third-order valence-electron chi connectivity index (χ3n) is 10.8. The van der Waals surface area contributed by atoms with Crippen molar-refractivity contribution in [2.24, 2.45) is 10.8 Å². The van der Waals surface area contributed by atoms with Gasteiger partial charge in [-0.05, 0) is 93.2 Å². The van der Waals surface area contributed by atoms with Gasteiger partial charge in [-0.2, -0.15) is 0 Å². The molecule has 0 amide bonds. The van der Waals surface area contributed by atoms with Crippen molar-refractivity contribution < 1.29 is 28.6 Å². The van der Waals surface area contributed by atoms with Gasteiger partial charge in [-0.3, -0.25) is 14.4 Å². The van der Waals surface area contributed by atoms with Gasteiger partial charge >= 0.3 is 17.9 Å². The van der Waals surface area contributed by atoms with Gasteiger partial charge in [-0.15, -0.1) is 0 Å². The van der Waals surface area contributed by atoms with Gasteiger partial charge in [0.25, 0.3) is 0 Å². The number of ether oxygens (including phenoxy) is 3. The highest BCUT2D eigenvalue weighted by molar-refractivity contribution is 5.76. The lowest BCUT2D eigenvalue weighted by Gasteiger charge is -2.23. The lowest BCUT2D eigenvalue weighted by molar-refractivity contribution is -0.155. The van der Waals surface area contributed by atoms with Crippen LogP contribution in [0.5, 0.6) is 0 Å². The summed E-state index contributed by atoms with van der Waals surface area (Å²) in [7, 11) is 3.93. The van der Waals surface area contributed by atoms with E-state index in [0.29, 0.717) is 26.2 Å². The van der Waals surface area contributed by atoms with Crippen LogP contribution in [0.25, 0.3) is 0 Å². The fourth-order valence-corrected chi connectivity index (χ4v) is 6.80. The Bertz CT molecular complexity index is 827. The van der Waals surface area contributed by atoms with E-state index >= 15 is 0 Å². The lowest BCUT2D eigenvalue weighted by Crippen LogP contribution is -2.27. The Labute approximate surface area is 329 Å². The predicted octanol–water partition coefficient (Wildman–Crippen LogP) is 13.0. The van der Waals surface area contributed by atoms with Crippen molar-refractivity contribution in [2.45, 2.75) is 234 Å². The summed E-state index contributed by atoms with van der Waals surface area (Å²) in [6.45, 7) is 14.2. The minimum absolute atomic E-state index is 0.0833. The summed E-state index contributed by atoms with van der Waals surface area (Å²) in [5.74, 6) is -0.296. The van der Waals surface area contributed by atoms with Crippen molar-refractivity contribution in [3.63, 3.8) is 0 Å². The summed E-state index contributed by atoms with van der Waals surface area (Å²) in [4.78, 5) is 40.2. The molecule has 0 fully saturated rings. The van der Waals surface area contributed by atoms with Crippen LogP contribution in [0.1, 0.15) is 228 Å². The first-order valence-electron chi connectivity index (χ1n) is 22.5. The van der Waals surface area contributed by atoms with Gasteiger partial charge in [0.15, 0.2) is 0 Å². The van der Waals surface area contributed by atoms with Crippen molar-refractivity contribution >= 4 is 17.9 Å². The molecule has 0 bridgehead atoms. The molecule has 0 aromatic carbocycles. The molecule has 0 heterocycles. The van der Waals surface area contributed by atoms with Crippen molar-refractivity contribution in [1.29, 1.82) is 0 Å². The van der Waals surface area contributed by atoms with E-state index in [2.05, 4.69) is 13.8 Å². The summed E-state index contributed by atoms with van der Waals surface area (Å²) in [6.07, 6.45) is 31.9. The average molecular weight is 752 g/mol. The fourth-order valence-electron chi connectivity index (χ4n) is 6.80. The first kappa shape index (κ1) is 51.4. The molecule has 7 heteroatoms. The molecule has 7 nitrogen and oxygen atoms in total. The second kappa shape index (κ2) is 33.7. The Morgan fingerprint density at radius 2 is 0.830 bits per heavy atom. The van der Waals surface area contributed by atoms with Crippen LogP contribution in [0.2, 0.25) is 0 Å². The predicted molar refractivity (Wildman–Crippen MR) is 223 cm³/mol. The largest absolute Gasteiger partial charge is 0.465 e. The molecule has 0 radical (unpaired) electrons. The fraction of sp³-hybridized carbons (Fsp3) is 0.935. The number of hydrogen-bond donors (Lipinski definition) is 0. The van der Waals surface area contributed by atoms with E-state index in [0.717, 1.165) is 89.9 Å².